The lowest BCUT2D eigenvalue weighted by molar-refractivity contribution is -0.254. The molecular weight excluding hydrogens is 431 g/mol. The molecule has 1 saturated carbocycles. The van der Waals surface area contributed by atoms with E-state index in [0.29, 0.717) is 18.1 Å². The number of esters is 1. The monoisotopic (exact) mass is 456 g/mol. The fourth-order valence-electron chi connectivity index (χ4n) is 4.07. The van der Waals surface area contributed by atoms with Crippen LogP contribution < -0.4 is 9.47 Å². The molecule has 2 aromatic rings. The van der Waals surface area contributed by atoms with Gasteiger partial charge in [0, 0.05) is 6.07 Å². The predicted molar refractivity (Wildman–Crippen MR) is 109 cm³/mol. The summed E-state index contributed by atoms with van der Waals surface area (Å²) in [5.41, 5.74) is 1.40. The summed E-state index contributed by atoms with van der Waals surface area (Å²) in [6.45, 7) is 2.20. The smallest absolute Gasteiger partial charge is 0.425 e. The van der Waals surface area contributed by atoms with Crippen molar-refractivity contribution in [2.75, 3.05) is 0 Å². The number of alkyl halides is 4. The molecule has 0 aromatic heterocycles. The van der Waals surface area contributed by atoms with Crippen molar-refractivity contribution in [3.05, 3.63) is 59.4 Å². The number of halogens is 5. The number of carbonyl (C=O) groups excluding carboxylic acids is 1. The fourth-order valence-corrected chi connectivity index (χ4v) is 4.07. The van der Waals surface area contributed by atoms with Gasteiger partial charge in [-0.1, -0.05) is 31.9 Å². The van der Waals surface area contributed by atoms with E-state index in [-0.39, 0.29) is 11.3 Å². The molecule has 0 N–H and O–H groups in total. The van der Waals surface area contributed by atoms with Crippen molar-refractivity contribution in [3.63, 3.8) is 0 Å². The molecule has 1 aliphatic carbocycles. The van der Waals surface area contributed by atoms with Gasteiger partial charge < -0.3 is 9.47 Å². The topological polar surface area (TPSA) is 35.5 Å². The highest BCUT2D eigenvalue weighted by Crippen LogP contribution is 2.37. The molecule has 174 valence electrons. The van der Waals surface area contributed by atoms with Crippen LogP contribution in [0, 0.1) is 11.7 Å². The fraction of sp³-hybridized carbons (Fsp3) is 0.458. The van der Waals surface area contributed by atoms with Gasteiger partial charge in [-0.2, -0.15) is 17.6 Å². The Bertz CT molecular complexity index is 906. The molecule has 1 aliphatic rings. The highest BCUT2D eigenvalue weighted by molar-refractivity contribution is 5.91. The van der Waals surface area contributed by atoms with Gasteiger partial charge in [0.25, 0.3) is 0 Å². The summed E-state index contributed by atoms with van der Waals surface area (Å²) in [5, 5.41) is 0. The molecule has 0 heterocycles. The molecule has 0 saturated heterocycles. The highest BCUT2D eigenvalue weighted by atomic mass is 19.3. The normalized spacial score (nSPS) is 19.1. The maximum absolute atomic E-state index is 13.9. The van der Waals surface area contributed by atoms with Crippen molar-refractivity contribution in [1.29, 1.82) is 0 Å². The van der Waals surface area contributed by atoms with Crippen LogP contribution in [0.25, 0.3) is 0 Å². The van der Waals surface area contributed by atoms with E-state index in [1.54, 1.807) is 12.1 Å². The molecule has 0 spiro atoms. The second kappa shape index (κ2) is 10.3. The van der Waals surface area contributed by atoms with Crippen molar-refractivity contribution < 1.29 is 36.2 Å². The van der Waals surface area contributed by atoms with Crippen molar-refractivity contribution in [1.82, 2.24) is 0 Å². The number of rotatable bonds is 8. The molecule has 0 atom stereocenters. The van der Waals surface area contributed by atoms with Gasteiger partial charge in [0.15, 0.2) is 11.6 Å². The molecule has 0 radical (unpaired) electrons. The first-order chi connectivity index (χ1) is 15.2. The van der Waals surface area contributed by atoms with Crippen LogP contribution in [0.15, 0.2) is 42.5 Å². The molecule has 8 heteroatoms. The summed E-state index contributed by atoms with van der Waals surface area (Å²) in [6, 6.07) is 9.33. The van der Waals surface area contributed by atoms with E-state index in [4.69, 9.17) is 4.74 Å². The number of hydrogen-bond acceptors (Lipinski definition) is 3. The molecule has 0 amide bonds. The number of carbonyl (C=O) groups is 1. The van der Waals surface area contributed by atoms with Crippen LogP contribution in [0.4, 0.5) is 22.0 Å². The summed E-state index contributed by atoms with van der Waals surface area (Å²) in [4.78, 5) is 12.3. The Morgan fingerprint density at radius 2 is 1.72 bits per heavy atom. The third kappa shape index (κ3) is 5.99. The summed E-state index contributed by atoms with van der Waals surface area (Å²) in [6.07, 6.45) is -1.84. The Morgan fingerprint density at radius 3 is 2.28 bits per heavy atom. The van der Waals surface area contributed by atoms with E-state index in [1.807, 2.05) is 12.1 Å². The number of benzene rings is 2. The molecule has 3 nitrogen and oxygen atoms in total. The zero-order valence-corrected chi connectivity index (χ0v) is 17.6. The van der Waals surface area contributed by atoms with Gasteiger partial charge in [-0.25, -0.2) is 9.18 Å². The largest absolute Gasteiger partial charge is 0.461 e. The number of ether oxygens (including phenoxy) is 2. The SMILES string of the molecule is CCCC1CCC(c2ccc(C(=O)Oc3ccc(OC(F)(F)C(F)F)c(F)c3)cc2)CC1. The van der Waals surface area contributed by atoms with Gasteiger partial charge in [0.1, 0.15) is 5.75 Å². The van der Waals surface area contributed by atoms with Gasteiger partial charge in [-0.3, -0.25) is 0 Å². The Labute approximate surface area is 183 Å². The van der Waals surface area contributed by atoms with E-state index >= 15 is 0 Å². The van der Waals surface area contributed by atoms with E-state index in [9.17, 15) is 26.7 Å². The predicted octanol–water partition coefficient (Wildman–Crippen LogP) is 7.36. The van der Waals surface area contributed by atoms with Gasteiger partial charge in [-0.05, 0) is 67.3 Å². The Hall–Kier alpha value is -2.64. The van der Waals surface area contributed by atoms with Crippen molar-refractivity contribution >= 4 is 5.97 Å². The summed E-state index contributed by atoms with van der Waals surface area (Å²) >= 11 is 0. The lowest BCUT2D eigenvalue weighted by atomic mass is 9.77. The number of hydrogen-bond donors (Lipinski definition) is 0. The molecule has 2 aromatic carbocycles. The zero-order valence-electron chi connectivity index (χ0n) is 17.6. The molecule has 1 fully saturated rings. The second-order valence-electron chi connectivity index (χ2n) is 8.07. The molecule has 3 rings (SSSR count). The van der Waals surface area contributed by atoms with E-state index in [2.05, 4.69) is 11.7 Å². The van der Waals surface area contributed by atoms with Crippen LogP contribution >= 0.6 is 0 Å². The Balaban J connectivity index is 1.59. The van der Waals surface area contributed by atoms with Gasteiger partial charge in [-0.15, -0.1) is 0 Å². The lowest BCUT2D eigenvalue weighted by Crippen LogP contribution is -2.33. The molecular formula is C24H25F5O3. The van der Waals surface area contributed by atoms with E-state index in [0.717, 1.165) is 30.4 Å². The van der Waals surface area contributed by atoms with Gasteiger partial charge >= 0.3 is 18.5 Å². The average molecular weight is 456 g/mol. The standard InChI is InChI=1S/C24H25F5O3/c1-2-3-15-4-6-16(7-5-15)17-8-10-18(11-9-17)22(30)31-19-12-13-21(20(25)14-19)32-24(28,29)23(26)27/h8-16,23H,2-7H2,1H3. The highest BCUT2D eigenvalue weighted by Gasteiger charge is 2.44. The van der Waals surface area contributed by atoms with Gasteiger partial charge in [0.05, 0.1) is 5.56 Å². The average Bonchev–Trinajstić information content (AvgIpc) is 2.76. The van der Waals surface area contributed by atoms with Crippen LogP contribution in [0.5, 0.6) is 11.5 Å². The zero-order chi connectivity index (χ0) is 23.3. The lowest BCUT2D eigenvalue weighted by Gasteiger charge is -2.28. The minimum atomic E-state index is -4.84. The third-order valence-electron chi connectivity index (χ3n) is 5.78. The maximum Gasteiger partial charge on any atom is 0.461 e. The minimum Gasteiger partial charge on any atom is -0.425 e. The van der Waals surface area contributed by atoms with Crippen LogP contribution in [0.3, 0.4) is 0 Å². The van der Waals surface area contributed by atoms with Crippen molar-refractivity contribution in [2.24, 2.45) is 5.92 Å². The van der Waals surface area contributed by atoms with E-state index in [1.165, 1.54) is 25.7 Å². The Morgan fingerprint density at radius 1 is 1.06 bits per heavy atom. The molecule has 32 heavy (non-hydrogen) atoms. The van der Waals surface area contributed by atoms with Crippen molar-refractivity contribution in [3.8, 4) is 11.5 Å². The van der Waals surface area contributed by atoms with Crippen LogP contribution in [0.2, 0.25) is 0 Å². The molecule has 0 unspecified atom stereocenters. The maximum atomic E-state index is 13.9. The minimum absolute atomic E-state index is 0.249. The Kier molecular flexibility index (Phi) is 7.74. The first kappa shape index (κ1) is 24.0. The first-order valence-electron chi connectivity index (χ1n) is 10.7. The van der Waals surface area contributed by atoms with Crippen LogP contribution in [0.1, 0.15) is 67.3 Å². The third-order valence-corrected chi connectivity index (χ3v) is 5.78. The molecule has 0 bridgehead atoms. The van der Waals surface area contributed by atoms with Gasteiger partial charge in [0.2, 0.25) is 0 Å². The first-order valence-corrected chi connectivity index (χ1v) is 10.7. The van der Waals surface area contributed by atoms with E-state index < -0.39 is 30.1 Å². The summed E-state index contributed by atoms with van der Waals surface area (Å²) in [7, 11) is 0. The molecule has 0 aliphatic heterocycles. The van der Waals surface area contributed by atoms with Crippen molar-refractivity contribution in [2.45, 2.75) is 63.9 Å². The second-order valence-corrected chi connectivity index (χ2v) is 8.07. The quantitative estimate of drug-likeness (QED) is 0.237. The summed E-state index contributed by atoms with van der Waals surface area (Å²) in [5.74, 6) is -2.20. The summed E-state index contributed by atoms with van der Waals surface area (Å²) < 4.78 is 73.0. The van der Waals surface area contributed by atoms with Crippen LogP contribution in [-0.4, -0.2) is 18.5 Å². The van der Waals surface area contributed by atoms with Crippen LogP contribution in [-0.2, 0) is 0 Å².